The van der Waals surface area contributed by atoms with Gasteiger partial charge in [-0.05, 0) is 30.7 Å². The Kier molecular flexibility index (Phi) is 3.77. The van der Waals surface area contributed by atoms with Crippen molar-refractivity contribution in [2.45, 2.75) is 18.1 Å². The highest BCUT2D eigenvalue weighted by atomic mass is 32.2. The fraction of sp³-hybridized carbons (Fsp3) is 0.167. The second kappa shape index (κ2) is 5.33. The summed E-state index contributed by atoms with van der Waals surface area (Å²) in [5, 5.41) is -0.287. The number of hydrogen-bond donors (Lipinski definition) is 1. The van der Waals surface area contributed by atoms with E-state index >= 15 is 0 Å². The average Bonchev–Trinajstić information content (AvgIpc) is 2.89. The molecule has 0 aromatic carbocycles. The summed E-state index contributed by atoms with van der Waals surface area (Å²) in [4.78, 5) is 14.4. The van der Waals surface area contributed by atoms with Crippen LogP contribution in [-0.4, -0.2) is 19.7 Å². The lowest BCUT2D eigenvalue weighted by Crippen LogP contribution is -2.26. The van der Waals surface area contributed by atoms with E-state index in [2.05, 4.69) is 9.71 Å². The molecule has 1 unspecified atom stereocenters. The molecular formula is C12H12N2O4S. The summed E-state index contributed by atoms with van der Waals surface area (Å²) >= 11 is 0. The largest absolute Gasteiger partial charge is 0.440 e. The molecule has 0 bridgehead atoms. The molecule has 2 rings (SSSR count). The topological polar surface area (TPSA) is 89.3 Å². The Labute approximate surface area is 110 Å². The third-order valence-corrected chi connectivity index (χ3v) is 3.91. The van der Waals surface area contributed by atoms with Crippen LogP contribution in [-0.2, 0) is 10.0 Å². The summed E-state index contributed by atoms with van der Waals surface area (Å²) in [6.07, 6.45) is 3.63. The maximum absolute atomic E-state index is 12.0. The quantitative estimate of drug-likeness (QED) is 0.839. The third kappa shape index (κ3) is 3.07. The summed E-state index contributed by atoms with van der Waals surface area (Å²) in [6.45, 7) is 1.69. The van der Waals surface area contributed by atoms with Gasteiger partial charge in [0.15, 0.2) is 12.0 Å². The molecule has 6 nitrogen and oxygen atoms in total. The molecule has 19 heavy (non-hydrogen) atoms. The first-order valence-electron chi connectivity index (χ1n) is 5.50. The maximum atomic E-state index is 12.0. The zero-order valence-corrected chi connectivity index (χ0v) is 10.9. The van der Waals surface area contributed by atoms with Crippen molar-refractivity contribution in [1.29, 1.82) is 0 Å². The molecule has 100 valence electrons. The molecule has 2 aromatic rings. The number of nitrogens with zero attached hydrogens (tertiary/aromatic N) is 1. The number of sulfonamides is 1. The van der Waals surface area contributed by atoms with Crippen molar-refractivity contribution >= 4 is 16.3 Å². The minimum atomic E-state index is -3.80. The lowest BCUT2D eigenvalue weighted by molar-refractivity contribution is 0.109. The fourth-order valence-electron chi connectivity index (χ4n) is 1.53. The van der Waals surface area contributed by atoms with Crippen molar-refractivity contribution < 1.29 is 17.6 Å². The van der Waals surface area contributed by atoms with Crippen LogP contribution in [0.1, 0.15) is 29.1 Å². The molecule has 0 saturated carbocycles. The van der Waals surface area contributed by atoms with Crippen LogP contribution in [0.5, 0.6) is 0 Å². The number of rotatable bonds is 5. The number of carbonyl (C=O) groups excluding carboxylic acids is 1. The number of pyridine rings is 1. The van der Waals surface area contributed by atoms with Crippen molar-refractivity contribution in [3.8, 4) is 0 Å². The van der Waals surface area contributed by atoms with Gasteiger partial charge in [-0.25, -0.2) is 13.1 Å². The molecule has 1 N–H and O–H groups in total. The molecule has 0 aliphatic carbocycles. The molecule has 7 heteroatoms. The van der Waals surface area contributed by atoms with Crippen LogP contribution in [0.2, 0.25) is 0 Å². The van der Waals surface area contributed by atoms with Crippen LogP contribution in [0.25, 0.3) is 0 Å². The molecule has 2 aromatic heterocycles. The van der Waals surface area contributed by atoms with Crippen LogP contribution < -0.4 is 4.72 Å². The van der Waals surface area contributed by atoms with E-state index in [-0.39, 0.29) is 10.9 Å². The Balaban J connectivity index is 2.20. The van der Waals surface area contributed by atoms with Gasteiger partial charge in [0, 0.05) is 18.4 Å². The highest BCUT2D eigenvalue weighted by Gasteiger charge is 2.22. The predicted octanol–water partition coefficient (Wildman–Crippen LogP) is 1.53. The van der Waals surface area contributed by atoms with E-state index in [1.54, 1.807) is 31.5 Å². The van der Waals surface area contributed by atoms with Crippen LogP contribution >= 0.6 is 0 Å². The minimum absolute atomic E-state index is 0.0330. The number of aromatic nitrogens is 1. The van der Waals surface area contributed by atoms with E-state index in [4.69, 9.17) is 4.42 Å². The van der Waals surface area contributed by atoms with E-state index in [1.165, 1.54) is 12.1 Å². The first-order chi connectivity index (χ1) is 9.03. The maximum Gasteiger partial charge on any atom is 0.274 e. The Morgan fingerprint density at radius 2 is 2.16 bits per heavy atom. The summed E-state index contributed by atoms with van der Waals surface area (Å²) in [6, 6.07) is 5.57. The highest BCUT2D eigenvalue weighted by molar-refractivity contribution is 7.89. The van der Waals surface area contributed by atoms with Gasteiger partial charge >= 0.3 is 0 Å². The van der Waals surface area contributed by atoms with Gasteiger partial charge in [0.2, 0.25) is 5.09 Å². The number of hydrogen-bond acceptors (Lipinski definition) is 5. The Morgan fingerprint density at radius 3 is 2.74 bits per heavy atom. The Bertz CT molecular complexity index is 664. The zero-order valence-electron chi connectivity index (χ0n) is 10.1. The lowest BCUT2D eigenvalue weighted by atomic mass is 10.2. The highest BCUT2D eigenvalue weighted by Crippen LogP contribution is 2.17. The number of nitrogens with one attached hydrogen (secondary N) is 1. The standard InChI is InChI=1S/C12H12N2O4S/c1-9(10-3-2-6-13-7-10)14-19(16,17)12-5-4-11(8-15)18-12/h2-9,14H,1H3. The first kappa shape index (κ1) is 13.4. The molecule has 0 aliphatic rings. The van der Waals surface area contributed by atoms with Gasteiger partial charge in [0.1, 0.15) is 0 Å². The Hall–Kier alpha value is -1.99. The second-order valence-corrected chi connectivity index (χ2v) is 5.55. The molecule has 0 saturated heterocycles. The summed E-state index contributed by atoms with van der Waals surface area (Å²) in [7, 11) is -3.80. The normalized spacial score (nSPS) is 13.1. The second-order valence-electron chi connectivity index (χ2n) is 3.90. The van der Waals surface area contributed by atoms with Gasteiger partial charge in [-0.1, -0.05) is 6.07 Å². The van der Waals surface area contributed by atoms with Crippen LogP contribution in [0.4, 0.5) is 0 Å². The number of furan rings is 1. The van der Waals surface area contributed by atoms with Crippen LogP contribution in [0, 0.1) is 0 Å². The molecule has 0 spiro atoms. The van der Waals surface area contributed by atoms with Gasteiger partial charge in [-0.15, -0.1) is 0 Å². The molecule has 0 aliphatic heterocycles. The predicted molar refractivity (Wildman–Crippen MR) is 67.1 cm³/mol. The van der Waals surface area contributed by atoms with Gasteiger partial charge < -0.3 is 4.42 Å². The van der Waals surface area contributed by atoms with Crippen LogP contribution in [0.15, 0.2) is 46.2 Å². The van der Waals surface area contributed by atoms with Crippen molar-refractivity contribution in [2.75, 3.05) is 0 Å². The van der Waals surface area contributed by atoms with Gasteiger partial charge in [-0.2, -0.15) is 0 Å². The molecule has 1 atom stereocenters. The number of carbonyl (C=O) groups is 1. The van der Waals surface area contributed by atoms with E-state index in [0.717, 1.165) is 5.56 Å². The van der Waals surface area contributed by atoms with Gasteiger partial charge in [0.25, 0.3) is 10.0 Å². The van der Waals surface area contributed by atoms with E-state index in [0.29, 0.717) is 6.29 Å². The van der Waals surface area contributed by atoms with Crippen molar-refractivity contribution in [2.24, 2.45) is 0 Å². The van der Waals surface area contributed by atoms with E-state index in [9.17, 15) is 13.2 Å². The molecular weight excluding hydrogens is 268 g/mol. The molecule has 0 fully saturated rings. The number of aldehydes is 1. The van der Waals surface area contributed by atoms with E-state index in [1.807, 2.05) is 0 Å². The molecule has 2 heterocycles. The van der Waals surface area contributed by atoms with Crippen molar-refractivity contribution in [1.82, 2.24) is 9.71 Å². The summed E-state index contributed by atoms with van der Waals surface area (Å²) in [5.41, 5.74) is 0.730. The molecule has 0 radical (unpaired) electrons. The van der Waals surface area contributed by atoms with Gasteiger partial charge in [0.05, 0.1) is 0 Å². The van der Waals surface area contributed by atoms with Crippen LogP contribution in [0.3, 0.4) is 0 Å². The average molecular weight is 280 g/mol. The fourth-order valence-corrected chi connectivity index (χ4v) is 2.70. The monoisotopic (exact) mass is 280 g/mol. The first-order valence-corrected chi connectivity index (χ1v) is 6.98. The smallest absolute Gasteiger partial charge is 0.274 e. The van der Waals surface area contributed by atoms with Gasteiger partial charge in [-0.3, -0.25) is 9.78 Å². The van der Waals surface area contributed by atoms with Crippen molar-refractivity contribution in [3.05, 3.63) is 48.0 Å². The van der Waals surface area contributed by atoms with E-state index < -0.39 is 16.1 Å². The van der Waals surface area contributed by atoms with Crippen molar-refractivity contribution in [3.63, 3.8) is 0 Å². The third-order valence-electron chi connectivity index (χ3n) is 2.50. The Morgan fingerprint density at radius 1 is 1.37 bits per heavy atom. The summed E-state index contributed by atoms with van der Waals surface area (Å²) < 4.78 is 31.4. The SMILES string of the molecule is CC(NS(=O)(=O)c1ccc(C=O)o1)c1cccnc1. The lowest BCUT2D eigenvalue weighted by Gasteiger charge is -2.12. The molecule has 0 amide bonds. The minimum Gasteiger partial charge on any atom is -0.440 e. The summed E-state index contributed by atoms with van der Waals surface area (Å²) in [5.74, 6) is -0.0330. The zero-order chi connectivity index (χ0) is 13.9.